The molecule has 4 aromatic carbocycles. The number of aryl methyl sites for hydroxylation is 7. The van der Waals surface area contributed by atoms with Crippen molar-refractivity contribution in [1.82, 2.24) is 0 Å². The molecule has 0 saturated heterocycles. The van der Waals surface area contributed by atoms with E-state index < -0.39 is 0 Å². The zero-order valence-corrected chi connectivity index (χ0v) is 21.4. The molecule has 0 aromatic heterocycles. The molecule has 0 radical (unpaired) electrons. The van der Waals surface area contributed by atoms with E-state index in [0.717, 1.165) is 0 Å². The molecule has 32 heavy (non-hydrogen) atoms. The summed E-state index contributed by atoms with van der Waals surface area (Å²) in [6.45, 7) is 15.7. The van der Waals surface area contributed by atoms with E-state index in [9.17, 15) is 0 Å². The second-order valence-corrected chi connectivity index (χ2v) is 10.6. The Morgan fingerprint density at radius 3 is 1.25 bits per heavy atom. The molecule has 4 rings (SSSR count). The van der Waals surface area contributed by atoms with E-state index in [2.05, 4.69) is 115 Å². The second-order valence-electron chi connectivity index (χ2n) is 9.27. The zero-order chi connectivity index (χ0) is 23.0. The molecule has 0 aliphatic rings. The summed E-state index contributed by atoms with van der Waals surface area (Å²) in [6, 6.07) is 25.0. The first-order valence-corrected chi connectivity index (χ1v) is 12.4. The lowest BCUT2D eigenvalue weighted by molar-refractivity contribution is 1.31. The molecule has 0 bridgehead atoms. The van der Waals surface area contributed by atoms with Gasteiger partial charge in [-0.2, -0.15) is 0 Å². The van der Waals surface area contributed by atoms with Gasteiger partial charge in [0.2, 0.25) is 0 Å². The van der Waals surface area contributed by atoms with Crippen molar-refractivity contribution in [3.8, 4) is 22.3 Å². The Kier molecular flexibility index (Phi) is 6.36. The lowest BCUT2D eigenvalue weighted by Crippen LogP contribution is -2.13. The van der Waals surface area contributed by atoms with Gasteiger partial charge in [0.1, 0.15) is 0 Å². The van der Waals surface area contributed by atoms with Gasteiger partial charge >= 0.3 is 0 Å². The molecule has 0 nitrogen and oxygen atoms in total. The van der Waals surface area contributed by atoms with Crippen molar-refractivity contribution in [3.05, 3.63) is 106 Å². The van der Waals surface area contributed by atoms with Crippen LogP contribution in [0, 0.1) is 48.5 Å². The van der Waals surface area contributed by atoms with Gasteiger partial charge in [-0.1, -0.05) is 86.4 Å². The molecule has 162 valence electrons. The third-order valence-corrected chi connectivity index (χ3v) is 7.63. The predicted molar refractivity (Wildman–Crippen MR) is 144 cm³/mol. The molecule has 0 saturated carbocycles. The molecule has 0 aliphatic carbocycles. The summed E-state index contributed by atoms with van der Waals surface area (Å²) in [4.78, 5) is 0. The van der Waals surface area contributed by atoms with Gasteiger partial charge < -0.3 is 0 Å². The molecule has 1 atom stereocenters. The highest BCUT2D eigenvalue weighted by atomic mass is 31.1. The largest absolute Gasteiger partial charge is 0.0622 e. The Labute approximate surface area is 195 Å². The molecule has 0 amide bonds. The predicted octanol–water partition coefficient (Wildman–Crippen LogP) is 7.81. The first-order chi connectivity index (χ1) is 15.2. The van der Waals surface area contributed by atoms with Gasteiger partial charge in [-0.05, 0) is 109 Å². The Hall–Kier alpha value is -2.69. The maximum atomic E-state index is 2.40. The van der Waals surface area contributed by atoms with Crippen LogP contribution >= 0.6 is 8.58 Å². The van der Waals surface area contributed by atoms with E-state index in [1.54, 1.807) is 0 Å². The lowest BCUT2D eigenvalue weighted by Gasteiger charge is -2.22. The van der Waals surface area contributed by atoms with E-state index in [1.165, 1.54) is 71.8 Å². The minimum Gasteiger partial charge on any atom is -0.0622 e. The minimum atomic E-state index is 0.602. The average molecular weight is 437 g/mol. The van der Waals surface area contributed by atoms with Gasteiger partial charge in [0.25, 0.3) is 0 Å². The van der Waals surface area contributed by atoms with Gasteiger partial charge in [0, 0.05) is 0 Å². The fraction of sp³-hybridized carbons (Fsp3) is 0.226. The van der Waals surface area contributed by atoms with E-state index in [1.807, 2.05) is 0 Å². The van der Waals surface area contributed by atoms with Crippen LogP contribution in [0.15, 0.2) is 66.7 Å². The zero-order valence-electron chi connectivity index (χ0n) is 20.4. The average Bonchev–Trinajstić information content (AvgIpc) is 2.69. The van der Waals surface area contributed by atoms with Gasteiger partial charge in [0.05, 0.1) is 0 Å². The first kappa shape index (κ1) is 22.5. The van der Waals surface area contributed by atoms with E-state index >= 15 is 0 Å². The molecule has 0 N–H and O–H groups in total. The van der Waals surface area contributed by atoms with Gasteiger partial charge in [0.15, 0.2) is 0 Å². The van der Waals surface area contributed by atoms with E-state index in [4.69, 9.17) is 0 Å². The molecule has 0 spiro atoms. The molecule has 1 heteroatoms. The van der Waals surface area contributed by atoms with E-state index in [0.29, 0.717) is 8.58 Å². The maximum Gasteiger partial charge on any atom is -0.00694 e. The smallest absolute Gasteiger partial charge is 0.00694 e. The summed E-state index contributed by atoms with van der Waals surface area (Å²) < 4.78 is 0. The fourth-order valence-corrected chi connectivity index (χ4v) is 6.50. The third-order valence-electron chi connectivity index (χ3n) is 6.22. The number of benzene rings is 4. The van der Waals surface area contributed by atoms with Crippen molar-refractivity contribution in [2.45, 2.75) is 48.5 Å². The second kappa shape index (κ2) is 9.05. The van der Waals surface area contributed by atoms with Crippen LogP contribution in [0.5, 0.6) is 0 Å². The SMILES string of the molecule is Cc1cc(C)c(-c2cc(C)cc(-c3c(C)cc(C)cc3C)c2Pc2ccccc2)c(C)c1. The van der Waals surface area contributed by atoms with Crippen LogP contribution in [0.1, 0.15) is 38.9 Å². The van der Waals surface area contributed by atoms with Crippen LogP contribution in [0.3, 0.4) is 0 Å². The summed E-state index contributed by atoms with van der Waals surface area (Å²) >= 11 is 0. The summed E-state index contributed by atoms with van der Waals surface area (Å²) in [5, 5.41) is 2.83. The molecule has 4 aromatic rings. The standard InChI is InChI=1S/C31H33P/c1-19-13-22(4)29(23(5)14-19)27-17-21(3)18-28(30-24(6)15-20(2)16-25(30)7)31(27)32-26-11-9-8-10-12-26/h8-18,32H,1-7H3. The first-order valence-electron chi connectivity index (χ1n) is 11.4. The Bertz CT molecular complexity index is 1170. The Balaban J connectivity index is 2.08. The van der Waals surface area contributed by atoms with Crippen LogP contribution in [-0.2, 0) is 0 Å². The van der Waals surface area contributed by atoms with Crippen molar-refractivity contribution in [1.29, 1.82) is 0 Å². The van der Waals surface area contributed by atoms with Crippen molar-refractivity contribution >= 4 is 19.2 Å². The molecule has 0 heterocycles. The summed E-state index contributed by atoms with van der Waals surface area (Å²) in [6.07, 6.45) is 0. The van der Waals surface area contributed by atoms with Crippen LogP contribution < -0.4 is 10.6 Å². The molecular formula is C31H33P. The van der Waals surface area contributed by atoms with Crippen molar-refractivity contribution in [2.24, 2.45) is 0 Å². The summed E-state index contributed by atoms with van der Waals surface area (Å²) in [5.74, 6) is 0. The highest BCUT2D eigenvalue weighted by molar-refractivity contribution is 7.56. The highest BCUT2D eigenvalue weighted by Gasteiger charge is 2.19. The van der Waals surface area contributed by atoms with Crippen LogP contribution in [0.2, 0.25) is 0 Å². The third kappa shape index (κ3) is 4.43. The van der Waals surface area contributed by atoms with Crippen LogP contribution in [-0.4, -0.2) is 0 Å². The van der Waals surface area contributed by atoms with Gasteiger partial charge in [-0.25, -0.2) is 0 Å². The van der Waals surface area contributed by atoms with Crippen molar-refractivity contribution in [2.75, 3.05) is 0 Å². The van der Waals surface area contributed by atoms with Crippen LogP contribution in [0.25, 0.3) is 22.3 Å². The summed E-state index contributed by atoms with van der Waals surface area (Å²) in [5.41, 5.74) is 15.0. The maximum absolute atomic E-state index is 2.40. The lowest BCUT2D eigenvalue weighted by atomic mass is 9.88. The van der Waals surface area contributed by atoms with E-state index in [-0.39, 0.29) is 0 Å². The monoisotopic (exact) mass is 436 g/mol. The van der Waals surface area contributed by atoms with Crippen molar-refractivity contribution < 1.29 is 0 Å². The van der Waals surface area contributed by atoms with Crippen molar-refractivity contribution in [3.63, 3.8) is 0 Å². The number of hydrogen-bond acceptors (Lipinski definition) is 0. The number of hydrogen-bond donors (Lipinski definition) is 0. The molecular weight excluding hydrogens is 403 g/mol. The normalized spacial score (nSPS) is 11.5. The van der Waals surface area contributed by atoms with Gasteiger partial charge in [-0.15, -0.1) is 0 Å². The molecule has 0 fully saturated rings. The molecule has 0 aliphatic heterocycles. The highest BCUT2D eigenvalue weighted by Crippen LogP contribution is 2.37. The Morgan fingerprint density at radius 2 is 0.844 bits per heavy atom. The quantitative estimate of drug-likeness (QED) is 0.286. The van der Waals surface area contributed by atoms with Gasteiger partial charge in [-0.3, -0.25) is 0 Å². The fourth-order valence-electron chi connectivity index (χ4n) is 5.19. The van der Waals surface area contributed by atoms with Crippen LogP contribution in [0.4, 0.5) is 0 Å². The minimum absolute atomic E-state index is 0.602. The Morgan fingerprint density at radius 1 is 0.469 bits per heavy atom. The summed E-state index contributed by atoms with van der Waals surface area (Å²) in [7, 11) is 0.602. The molecule has 1 unspecified atom stereocenters. The topological polar surface area (TPSA) is 0 Å². The number of rotatable bonds is 4.